The fourth-order valence-electron chi connectivity index (χ4n) is 1.50. The van der Waals surface area contributed by atoms with Gasteiger partial charge in [0.1, 0.15) is 11.6 Å². The van der Waals surface area contributed by atoms with Crippen molar-refractivity contribution in [2.24, 2.45) is 0 Å². The number of rotatable bonds is 1. The summed E-state index contributed by atoms with van der Waals surface area (Å²) in [5, 5.41) is 0. The van der Waals surface area contributed by atoms with Gasteiger partial charge in [0.05, 0.1) is 5.69 Å². The predicted octanol–water partition coefficient (Wildman–Crippen LogP) is 3.63. The van der Waals surface area contributed by atoms with E-state index < -0.39 is 45.9 Å². The highest BCUT2D eigenvalue weighted by molar-refractivity contribution is 5.67. The quantitative estimate of drug-likeness (QED) is 0.472. The molecule has 0 aliphatic rings. The lowest BCUT2D eigenvalue weighted by Crippen LogP contribution is -1.98. The Kier molecular flexibility index (Phi) is 2.94. The number of halogens is 5. The Morgan fingerprint density at radius 3 is 2.00 bits per heavy atom. The van der Waals surface area contributed by atoms with Gasteiger partial charge in [0, 0.05) is 17.2 Å². The van der Waals surface area contributed by atoms with Gasteiger partial charge in [-0.1, -0.05) is 0 Å². The van der Waals surface area contributed by atoms with Crippen molar-refractivity contribution in [3.8, 4) is 11.1 Å². The summed E-state index contributed by atoms with van der Waals surface area (Å²) >= 11 is 0. The van der Waals surface area contributed by atoms with Crippen molar-refractivity contribution >= 4 is 5.69 Å². The third kappa shape index (κ3) is 1.90. The van der Waals surface area contributed by atoms with Crippen LogP contribution in [0, 0.1) is 29.1 Å². The number of nitrogens with two attached hydrogens (primary N) is 1. The van der Waals surface area contributed by atoms with E-state index in [1.54, 1.807) is 0 Å². The molecule has 2 rings (SSSR count). The van der Waals surface area contributed by atoms with Crippen molar-refractivity contribution in [2.75, 3.05) is 5.73 Å². The van der Waals surface area contributed by atoms with E-state index in [0.717, 1.165) is 6.07 Å². The number of anilines is 1. The summed E-state index contributed by atoms with van der Waals surface area (Å²) in [5.41, 5.74) is 3.55. The summed E-state index contributed by atoms with van der Waals surface area (Å²) in [4.78, 5) is 0. The Labute approximate surface area is 98.7 Å². The first-order chi connectivity index (χ1) is 8.41. The second-order valence-electron chi connectivity index (χ2n) is 3.58. The van der Waals surface area contributed by atoms with Gasteiger partial charge in [-0.25, -0.2) is 22.0 Å². The zero-order chi connectivity index (χ0) is 13.4. The van der Waals surface area contributed by atoms with Crippen molar-refractivity contribution in [2.45, 2.75) is 0 Å². The third-order valence-corrected chi connectivity index (χ3v) is 2.41. The first kappa shape index (κ1) is 12.3. The average molecular weight is 259 g/mol. The van der Waals surface area contributed by atoms with Crippen LogP contribution in [-0.2, 0) is 0 Å². The van der Waals surface area contributed by atoms with E-state index >= 15 is 0 Å². The Morgan fingerprint density at radius 2 is 1.33 bits per heavy atom. The molecule has 0 unspecified atom stereocenters. The fourth-order valence-corrected chi connectivity index (χ4v) is 1.50. The van der Waals surface area contributed by atoms with E-state index in [-0.39, 0.29) is 0 Å². The molecule has 0 spiro atoms. The van der Waals surface area contributed by atoms with E-state index in [2.05, 4.69) is 0 Å². The summed E-state index contributed by atoms with van der Waals surface area (Å²) in [6, 6.07) is 2.72. The molecule has 0 bridgehead atoms. The van der Waals surface area contributed by atoms with Crippen LogP contribution in [0.25, 0.3) is 11.1 Å². The molecule has 0 saturated heterocycles. The minimum Gasteiger partial charge on any atom is -0.396 e. The summed E-state index contributed by atoms with van der Waals surface area (Å²) < 4.78 is 65.8. The lowest BCUT2D eigenvalue weighted by atomic mass is 10.0. The minimum atomic E-state index is -1.75. The molecular formula is C12H6F5N. The third-order valence-electron chi connectivity index (χ3n) is 2.41. The molecule has 0 atom stereocenters. The number of nitrogen functional groups attached to an aromatic ring is 1. The van der Waals surface area contributed by atoms with Crippen LogP contribution >= 0.6 is 0 Å². The van der Waals surface area contributed by atoms with Crippen LogP contribution in [0.4, 0.5) is 27.6 Å². The molecule has 0 radical (unpaired) electrons. The molecule has 2 aromatic carbocycles. The zero-order valence-electron chi connectivity index (χ0n) is 8.78. The van der Waals surface area contributed by atoms with Gasteiger partial charge < -0.3 is 5.73 Å². The smallest absolute Gasteiger partial charge is 0.195 e. The highest BCUT2D eigenvalue weighted by Gasteiger charge is 2.18. The molecule has 0 saturated carbocycles. The van der Waals surface area contributed by atoms with Crippen molar-refractivity contribution < 1.29 is 22.0 Å². The molecule has 0 aromatic heterocycles. The first-order valence-corrected chi connectivity index (χ1v) is 4.80. The monoisotopic (exact) mass is 259 g/mol. The second-order valence-corrected chi connectivity index (χ2v) is 3.58. The zero-order valence-corrected chi connectivity index (χ0v) is 8.78. The maximum atomic E-state index is 13.5. The van der Waals surface area contributed by atoms with Crippen LogP contribution in [0.2, 0.25) is 0 Å². The van der Waals surface area contributed by atoms with Gasteiger partial charge in [0.15, 0.2) is 17.5 Å². The Balaban J connectivity index is 2.70. The number of hydrogen-bond donors (Lipinski definition) is 1. The minimum absolute atomic E-state index is 0.459. The van der Waals surface area contributed by atoms with Gasteiger partial charge in [-0.05, 0) is 18.2 Å². The van der Waals surface area contributed by atoms with E-state index in [9.17, 15) is 22.0 Å². The normalized spacial score (nSPS) is 10.7. The first-order valence-electron chi connectivity index (χ1n) is 4.80. The summed E-state index contributed by atoms with van der Waals surface area (Å²) in [6.45, 7) is 0. The SMILES string of the molecule is Nc1cc(F)c(-c2ccc(F)c(F)c2F)cc1F. The van der Waals surface area contributed by atoms with Crippen LogP contribution in [0.1, 0.15) is 0 Å². The average Bonchev–Trinajstić information content (AvgIpc) is 2.32. The molecule has 0 aliphatic carbocycles. The molecular weight excluding hydrogens is 253 g/mol. The van der Waals surface area contributed by atoms with Gasteiger partial charge in [-0.3, -0.25) is 0 Å². The largest absolute Gasteiger partial charge is 0.396 e. The second kappa shape index (κ2) is 4.29. The molecule has 6 heteroatoms. The van der Waals surface area contributed by atoms with Crippen LogP contribution in [-0.4, -0.2) is 0 Å². The standard InChI is InChI=1S/C12H6F5N/c13-7-2-1-5(11(16)12(7)17)6-3-9(15)10(18)4-8(6)14/h1-4H,18H2. The van der Waals surface area contributed by atoms with Crippen molar-refractivity contribution in [1.29, 1.82) is 0 Å². The molecule has 2 N–H and O–H groups in total. The van der Waals surface area contributed by atoms with Crippen LogP contribution in [0.15, 0.2) is 24.3 Å². The fraction of sp³-hybridized carbons (Fsp3) is 0. The Morgan fingerprint density at radius 1 is 0.667 bits per heavy atom. The molecule has 2 aromatic rings. The molecule has 0 heterocycles. The lowest BCUT2D eigenvalue weighted by Gasteiger charge is -2.07. The predicted molar refractivity (Wildman–Crippen MR) is 56.1 cm³/mol. The Hall–Kier alpha value is -2.11. The number of hydrogen-bond acceptors (Lipinski definition) is 1. The van der Waals surface area contributed by atoms with Crippen molar-refractivity contribution in [1.82, 2.24) is 0 Å². The lowest BCUT2D eigenvalue weighted by molar-refractivity contribution is 0.448. The molecule has 0 amide bonds. The van der Waals surface area contributed by atoms with Crippen LogP contribution in [0.5, 0.6) is 0 Å². The molecule has 18 heavy (non-hydrogen) atoms. The number of benzene rings is 2. The highest BCUT2D eigenvalue weighted by Crippen LogP contribution is 2.30. The summed E-state index contributed by atoms with van der Waals surface area (Å²) in [5.74, 6) is -6.75. The van der Waals surface area contributed by atoms with Gasteiger partial charge in [0.2, 0.25) is 0 Å². The van der Waals surface area contributed by atoms with Gasteiger partial charge >= 0.3 is 0 Å². The van der Waals surface area contributed by atoms with Crippen LogP contribution < -0.4 is 5.73 Å². The molecule has 1 nitrogen and oxygen atoms in total. The van der Waals surface area contributed by atoms with E-state index in [1.165, 1.54) is 0 Å². The van der Waals surface area contributed by atoms with E-state index in [1.807, 2.05) is 0 Å². The topological polar surface area (TPSA) is 26.0 Å². The van der Waals surface area contributed by atoms with Gasteiger partial charge in [-0.15, -0.1) is 0 Å². The molecule has 94 valence electrons. The maximum Gasteiger partial charge on any atom is 0.195 e. The molecule has 0 aliphatic heterocycles. The van der Waals surface area contributed by atoms with Gasteiger partial charge in [-0.2, -0.15) is 0 Å². The molecule has 0 fully saturated rings. The van der Waals surface area contributed by atoms with Crippen LogP contribution in [0.3, 0.4) is 0 Å². The van der Waals surface area contributed by atoms with Gasteiger partial charge in [0.25, 0.3) is 0 Å². The maximum absolute atomic E-state index is 13.5. The van der Waals surface area contributed by atoms with Crippen molar-refractivity contribution in [3.05, 3.63) is 53.4 Å². The summed E-state index contributed by atoms with van der Waals surface area (Å²) in [7, 11) is 0. The summed E-state index contributed by atoms with van der Waals surface area (Å²) in [6.07, 6.45) is 0. The van der Waals surface area contributed by atoms with E-state index in [4.69, 9.17) is 5.73 Å². The van der Waals surface area contributed by atoms with E-state index in [0.29, 0.717) is 18.2 Å². The Bertz CT molecular complexity index is 624. The highest BCUT2D eigenvalue weighted by atomic mass is 19.2. The van der Waals surface area contributed by atoms with Crippen molar-refractivity contribution in [3.63, 3.8) is 0 Å².